The van der Waals surface area contributed by atoms with Gasteiger partial charge < -0.3 is 50.4 Å². The Morgan fingerprint density at radius 2 is 0.900 bits per heavy atom. The molecule has 0 radical (unpaired) electrons. The van der Waals surface area contributed by atoms with Gasteiger partial charge in [-0.1, -0.05) is 0 Å². The smallest absolute Gasteiger partial charge is 0.151 e. The van der Waals surface area contributed by atoms with Crippen molar-refractivity contribution in [1.82, 2.24) is 0 Å². The van der Waals surface area contributed by atoms with Crippen LogP contribution in [-0.4, -0.2) is 103 Å². The summed E-state index contributed by atoms with van der Waals surface area (Å²) in [6.45, 7) is -1.38. The average molecular weight is 300 g/mol. The van der Waals surface area contributed by atoms with Gasteiger partial charge in [-0.15, -0.1) is 0 Å². The second kappa shape index (κ2) is 11.8. The summed E-state index contributed by atoms with van der Waals surface area (Å²) in [6.07, 6.45) is -9.26. The predicted molar refractivity (Wildman–Crippen MR) is 62.3 cm³/mol. The molecule has 0 aliphatic carbocycles. The molecule has 0 saturated carbocycles. The summed E-state index contributed by atoms with van der Waals surface area (Å²) in [5.41, 5.74) is 0. The first-order chi connectivity index (χ1) is 9.26. The number of hydrogen-bond donors (Lipinski definition) is 8. The summed E-state index contributed by atoms with van der Waals surface area (Å²) in [4.78, 5) is 19.5. The summed E-state index contributed by atoms with van der Waals surface area (Å²) in [5, 5.41) is 68.1. The zero-order valence-electron chi connectivity index (χ0n) is 10.4. The molecule has 0 unspecified atom stereocenters. The normalized spacial score (nSPS) is 19.6. The fourth-order valence-electron chi connectivity index (χ4n) is 0.832. The Morgan fingerprint density at radius 1 is 0.650 bits per heavy atom. The molecule has 0 saturated heterocycles. The van der Waals surface area contributed by atoms with Crippen molar-refractivity contribution in [3.05, 3.63) is 0 Å². The summed E-state index contributed by atoms with van der Waals surface area (Å²) < 4.78 is 0. The molecule has 0 heterocycles. The maximum atomic E-state index is 9.76. The lowest BCUT2D eigenvalue weighted by molar-refractivity contribution is -0.128. The molecule has 0 aliphatic rings. The Labute approximate surface area is 114 Å². The molecule has 0 aliphatic heterocycles. The first-order valence-electron chi connectivity index (χ1n) is 5.47. The van der Waals surface area contributed by atoms with Crippen LogP contribution in [0.5, 0.6) is 0 Å². The lowest BCUT2D eigenvalue weighted by Crippen LogP contribution is -2.40. The topological polar surface area (TPSA) is 196 Å². The molecule has 120 valence electrons. The Bertz CT molecular complexity index is 234. The van der Waals surface area contributed by atoms with Gasteiger partial charge in [-0.2, -0.15) is 0 Å². The lowest BCUT2D eigenvalue weighted by Gasteiger charge is -2.16. The molecular formula is C10H20O10. The molecule has 6 atom stereocenters. The Hall–Kier alpha value is -0.980. The molecule has 0 rings (SSSR count). The van der Waals surface area contributed by atoms with Crippen molar-refractivity contribution in [2.75, 3.05) is 13.2 Å². The minimum atomic E-state index is -1.64. The molecule has 0 aromatic carbocycles. The maximum Gasteiger partial charge on any atom is 0.151 e. The van der Waals surface area contributed by atoms with Gasteiger partial charge >= 0.3 is 0 Å². The van der Waals surface area contributed by atoms with Crippen molar-refractivity contribution in [2.45, 2.75) is 36.6 Å². The fourth-order valence-corrected chi connectivity index (χ4v) is 0.832. The summed E-state index contributed by atoms with van der Waals surface area (Å²) in [6, 6.07) is 0. The van der Waals surface area contributed by atoms with E-state index in [-0.39, 0.29) is 12.6 Å². The van der Waals surface area contributed by atoms with E-state index in [1.54, 1.807) is 0 Å². The van der Waals surface area contributed by atoms with Crippen molar-refractivity contribution in [2.24, 2.45) is 0 Å². The van der Waals surface area contributed by atoms with E-state index in [0.29, 0.717) is 0 Å². The quantitative estimate of drug-likeness (QED) is 0.200. The Morgan fingerprint density at radius 3 is 1.05 bits per heavy atom. The van der Waals surface area contributed by atoms with Crippen LogP contribution >= 0.6 is 0 Å². The monoisotopic (exact) mass is 300 g/mol. The van der Waals surface area contributed by atoms with Gasteiger partial charge in [-0.3, -0.25) is 0 Å². The maximum absolute atomic E-state index is 9.76. The molecule has 0 fully saturated rings. The molecule has 10 nitrogen and oxygen atoms in total. The van der Waals surface area contributed by atoms with Gasteiger partial charge in [0, 0.05) is 0 Å². The minimum absolute atomic E-state index is 0.0869. The highest BCUT2D eigenvalue weighted by molar-refractivity contribution is 5.57. The van der Waals surface area contributed by atoms with E-state index in [1.165, 1.54) is 0 Å². The van der Waals surface area contributed by atoms with Gasteiger partial charge in [0.05, 0.1) is 13.2 Å². The van der Waals surface area contributed by atoms with E-state index in [1.807, 2.05) is 0 Å². The average Bonchev–Trinajstić information content (AvgIpc) is 2.50. The molecule has 10 heteroatoms. The second-order valence-corrected chi connectivity index (χ2v) is 3.73. The number of carbonyl (C=O) groups excluding carboxylic acids is 2. The van der Waals surface area contributed by atoms with E-state index in [9.17, 15) is 9.59 Å². The first kappa shape index (κ1) is 21.3. The number of aldehydes is 2. The van der Waals surface area contributed by atoms with E-state index >= 15 is 0 Å². The van der Waals surface area contributed by atoms with Crippen LogP contribution in [-0.2, 0) is 9.59 Å². The third-order valence-electron chi connectivity index (χ3n) is 2.14. The van der Waals surface area contributed by atoms with Crippen LogP contribution in [0.15, 0.2) is 0 Å². The van der Waals surface area contributed by atoms with Gasteiger partial charge in [0.25, 0.3) is 0 Å². The van der Waals surface area contributed by atoms with Crippen LogP contribution in [0, 0.1) is 0 Å². The predicted octanol–water partition coefficient (Wildman–Crippen LogP) is -5.48. The number of carbonyl (C=O) groups is 2. The highest BCUT2D eigenvalue weighted by atomic mass is 16.4. The third kappa shape index (κ3) is 8.24. The molecule has 8 N–H and O–H groups in total. The van der Waals surface area contributed by atoms with Gasteiger partial charge in [-0.05, 0) is 0 Å². The van der Waals surface area contributed by atoms with Gasteiger partial charge in [-0.25, -0.2) is 0 Å². The summed E-state index contributed by atoms with van der Waals surface area (Å²) in [7, 11) is 0. The zero-order chi connectivity index (χ0) is 16.3. The minimum Gasteiger partial charge on any atom is -0.394 e. The Kier molecular flexibility index (Phi) is 12.6. The first-order valence-corrected chi connectivity index (χ1v) is 5.47. The van der Waals surface area contributed by atoms with Crippen LogP contribution in [0.2, 0.25) is 0 Å². The number of rotatable bonds is 8. The molecule has 0 aromatic heterocycles. The molecule has 0 aromatic rings. The molecule has 0 amide bonds. The molecule has 0 bridgehead atoms. The standard InChI is InChI=1S/2C5H10O5/c2*6-1-3(8)5(10)4(9)2-7/h2*1,3-5,7-10H,2H2/t2*3-,4+,5+/m11/s1. The zero-order valence-corrected chi connectivity index (χ0v) is 10.4. The van der Waals surface area contributed by atoms with Gasteiger partial charge in [0.15, 0.2) is 12.6 Å². The molecule has 0 spiro atoms. The van der Waals surface area contributed by atoms with Gasteiger partial charge in [0.1, 0.15) is 36.6 Å². The van der Waals surface area contributed by atoms with Gasteiger partial charge in [0.2, 0.25) is 0 Å². The van der Waals surface area contributed by atoms with Crippen LogP contribution in [0.4, 0.5) is 0 Å². The number of aliphatic hydroxyl groups is 8. The van der Waals surface area contributed by atoms with E-state index in [0.717, 1.165) is 0 Å². The van der Waals surface area contributed by atoms with Crippen molar-refractivity contribution >= 4 is 12.6 Å². The SMILES string of the molecule is O=C[C@@H](O)[C@H](O)[C@@H](O)CO.O=C[C@@H](O)[C@H](O)[C@@H](O)CO. The van der Waals surface area contributed by atoms with Crippen LogP contribution < -0.4 is 0 Å². The summed E-state index contributed by atoms with van der Waals surface area (Å²) >= 11 is 0. The number of hydrogen-bond acceptors (Lipinski definition) is 10. The van der Waals surface area contributed by atoms with Crippen molar-refractivity contribution < 1.29 is 50.4 Å². The van der Waals surface area contributed by atoms with E-state index in [2.05, 4.69) is 0 Å². The Balaban J connectivity index is 0. The molecular weight excluding hydrogens is 280 g/mol. The van der Waals surface area contributed by atoms with Crippen molar-refractivity contribution in [3.63, 3.8) is 0 Å². The van der Waals surface area contributed by atoms with E-state index < -0.39 is 49.8 Å². The van der Waals surface area contributed by atoms with Crippen molar-refractivity contribution in [3.8, 4) is 0 Å². The fraction of sp³-hybridized carbons (Fsp3) is 0.800. The van der Waals surface area contributed by atoms with Crippen molar-refractivity contribution in [1.29, 1.82) is 0 Å². The van der Waals surface area contributed by atoms with Crippen LogP contribution in [0.3, 0.4) is 0 Å². The second-order valence-electron chi connectivity index (χ2n) is 3.73. The van der Waals surface area contributed by atoms with E-state index in [4.69, 9.17) is 40.9 Å². The molecule has 20 heavy (non-hydrogen) atoms. The third-order valence-corrected chi connectivity index (χ3v) is 2.14. The lowest BCUT2D eigenvalue weighted by atomic mass is 10.1. The van der Waals surface area contributed by atoms with Crippen LogP contribution in [0.1, 0.15) is 0 Å². The largest absolute Gasteiger partial charge is 0.394 e. The highest BCUT2D eigenvalue weighted by Gasteiger charge is 2.23. The van der Waals surface area contributed by atoms with Crippen LogP contribution in [0.25, 0.3) is 0 Å². The number of aliphatic hydroxyl groups excluding tert-OH is 8. The highest BCUT2D eigenvalue weighted by Crippen LogP contribution is 1.97. The summed E-state index contributed by atoms with van der Waals surface area (Å²) in [5.74, 6) is 0.